The van der Waals surface area contributed by atoms with Crippen LogP contribution in [0.3, 0.4) is 0 Å². The third-order valence-electron chi connectivity index (χ3n) is 1.76. The Kier molecular flexibility index (Phi) is 2.15. The van der Waals surface area contributed by atoms with Gasteiger partial charge < -0.3 is 0 Å². The van der Waals surface area contributed by atoms with Crippen LogP contribution in [0.4, 0.5) is 0 Å². The average molecular weight is 242 g/mol. The van der Waals surface area contributed by atoms with E-state index in [2.05, 4.69) is 33.9 Å². The summed E-state index contributed by atoms with van der Waals surface area (Å²) in [5.74, 6) is 0. The number of nitrogens with zero attached hydrogens (tertiary/aromatic N) is 1. The number of aromatic nitrogens is 1. The fourth-order valence-electron chi connectivity index (χ4n) is 1.13. The quantitative estimate of drug-likeness (QED) is 0.744. The Morgan fingerprint density at radius 2 is 2.42 bits per heavy atom. The molecule has 1 nitrogen and oxygen atoms in total. The van der Waals surface area contributed by atoms with E-state index in [4.69, 9.17) is 0 Å². The molecule has 3 heteroatoms. The van der Waals surface area contributed by atoms with Crippen LogP contribution in [0.2, 0.25) is 0 Å². The average Bonchev–Trinajstić information content (AvgIpc) is 2.49. The van der Waals surface area contributed by atoms with Crippen LogP contribution in [0, 0.1) is 0 Å². The Labute approximate surface area is 83.6 Å². The van der Waals surface area contributed by atoms with E-state index in [9.17, 15) is 0 Å². The van der Waals surface area contributed by atoms with Gasteiger partial charge in [-0.2, -0.15) is 0 Å². The first-order valence-corrected chi connectivity index (χ1v) is 5.45. The number of hydrogen-bond donors (Lipinski definition) is 0. The molecule has 2 aromatic rings. The maximum Gasteiger partial charge on any atom is 0.0824 e. The third kappa shape index (κ3) is 1.27. The fraction of sp³-hybridized carbons (Fsp3) is 0.222. The van der Waals surface area contributed by atoms with E-state index < -0.39 is 0 Å². The number of halogens is 1. The lowest BCUT2D eigenvalue weighted by atomic mass is 10.3. The molecule has 0 amide bonds. The molecule has 0 unspecified atom stereocenters. The van der Waals surface area contributed by atoms with Gasteiger partial charge in [0, 0.05) is 15.5 Å². The number of fused-ring (bicyclic) bond motifs is 1. The Morgan fingerprint density at radius 3 is 3.08 bits per heavy atom. The van der Waals surface area contributed by atoms with E-state index in [1.165, 1.54) is 9.58 Å². The predicted octanol–water partition coefficient (Wildman–Crippen LogP) is 3.62. The number of thiophene rings is 1. The lowest BCUT2D eigenvalue weighted by Crippen LogP contribution is -1.70. The van der Waals surface area contributed by atoms with E-state index in [0.29, 0.717) is 0 Å². The van der Waals surface area contributed by atoms with Crippen LogP contribution >= 0.6 is 27.3 Å². The first kappa shape index (κ1) is 8.20. The monoisotopic (exact) mass is 241 g/mol. The van der Waals surface area contributed by atoms with Crippen molar-refractivity contribution in [3.05, 3.63) is 27.7 Å². The maximum absolute atomic E-state index is 4.29. The van der Waals surface area contributed by atoms with Crippen molar-refractivity contribution < 1.29 is 0 Å². The van der Waals surface area contributed by atoms with Crippen LogP contribution in [0.15, 0.2) is 22.8 Å². The van der Waals surface area contributed by atoms with Crippen molar-refractivity contribution in [2.24, 2.45) is 0 Å². The second kappa shape index (κ2) is 3.15. The van der Waals surface area contributed by atoms with Gasteiger partial charge in [0.25, 0.3) is 0 Å². The van der Waals surface area contributed by atoms with Gasteiger partial charge in [0.2, 0.25) is 0 Å². The molecular weight excluding hydrogens is 234 g/mol. The molecule has 2 aromatic heterocycles. The lowest BCUT2D eigenvalue weighted by molar-refractivity contribution is 1.19. The highest BCUT2D eigenvalue weighted by atomic mass is 79.9. The summed E-state index contributed by atoms with van der Waals surface area (Å²) in [7, 11) is 0. The molecule has 0 radical (unpaired) electrons. The molecule has 2 rings (SSSR count). The summed E-state index contributed by atoms with van der Waals surface area (Å²) in [4.78, 5) is 5.68. The van der Waals surface area contributed by atoms with Crippen LogP contribution in [-0.2, 0) is 6.42 Å². The van der Waals surface area contributed by atoms with Crippen molar-refractivity contribution in [2.75, 3.05) is 0 Å². The molecule has 0 saturated heterocycles. The van der Waals surface area contributed by atoms with E-state index in [1.807, 2.05) is 23.6 Å². The van der Waals surface area contributed by atoms with Crippen molar-refractivity contribution in [3.63, 3.8) is 0 Å². The Balaban J connectivity index is 2.74. The molecule has 0 aliphatic heterocycles. The minimum atomic E-state index is 1.09. The standard InChI is InChI=1S/C9H8BrNS/c1-2-6-5-8-9(12-6)7(10)3-4-11-8/h3-5H,2H2,1H3. The molecule has 0 aliphatic carbocycles. The van der Waals surface area contributed by atoms with Gasteiger partial charge in [-0.3, -0.25) is 4.98 Å². The summed E-state index contributed by atoms with van der Waals surface area (Å²) in [6.07, 6.45) is 2.92. The SMILES string of the molecule is CCc1cc2nccc(Br)c2s1. The van der Waals surface area contributed by atoms with Crippen molar-refractivity contribution in [2.45, 2.75) is 13.3 Å². The second-order valence-electron chi connectivity index (χ2n) is 2.57. The summed E-state index contributed by atoms with van der Waals surface area (Å²) in [5, 5.41) is 0. The zero-order valence-corrected chi connectivity index (χ0v) is 9.08. The highest BCUT2D eigenvalue weighted by Crippen LogP contribution is 2.30. The lowest BCUT2D eigenvalue weighted by Gasteiger charge is -1.89. The molecule has 0 atom stereocenters. The third-order valence-corrected chi connectivity index (χ3v) is 3.99. The normalized spacial score (nSPS) is 10.8. The summed E-state index contributed by atoms with van der Waals surface area (Å²) in [6, 6.07) is 4.14. The van der Waals surface area contributed by atoms with Crippen molar-refractivity contribution in [1.82, 2.24) is 4.98 Å². The highest BCUT2D eigenvalue weighted by Gasteiger charge is 2.03. The van der Waals surface area contributed by atoms with Crippen molar-refractivity contribution in [3.8, 4) is 0 Å². The first-order valence-electron chi connectivity index (χ1n) is 3.84. The molecule has 0 aromatic carbocycles. The Bertz CT molecular complexity index is 408. The van der Waals surface area contributed by atoms with Crippen LogP contribution in [0.5, 0.6) is 0 Å². The van der Waals surface area contributed by atoms with Crippen molar-refractivity contribution >= 4 is 37.5 Å². The summed E-state index contributed by atoms with van der Waals surface area (Å²) < 4.78 is 2.41. The highest BCUT2D eigenvalue weighted by molar-refractivity contribution is 9.10. The van der Waals surface area contributed by atoms with E-state index in [-0.39, 0.29) is 0 Å². The number of hydrogen-bond acceptors (Lipinski definition) is 2. The predicted molar refractivity (Wildman–Crippen MR) is 56.7 cm³/mol. The van der Waals surface area contributed by atoms with E-state index in [1.54, 1.807) is 0 Å². The smallest absolute Gasteiger partial charge is 0.0824 e. The van der Waals surface area contributed by atoms with Gasteiger partial charge >= 0.3 is 0 Å². The molecule has 12 heavy (non-hydrogen) atoms. The topological polar surface area (TPSA) is 12.9 Å². The molecule has 0 spiro atoms. The van der Waals surface area contributed by atoms with Crippen molar-refractivity contribution in [1.29, 1.82) is 0 Å². The van der Waals surface area contributed by atoms with Gasteiger partial charge in [-0.05, 0) is 34.5 Å². The van der Waals surface area contributed by atoms with E-state index >= 15 is 0 Å². The molecule has 0 N–H and O–H groups in total. The largest absolute Gasteiger partial charge is 0.255 e. The van der Waals surface area contributed by atoms with Gasteiger partial charge in [-0.25, -0.2) is 0 Å². The van der Waals surface area contributed by atoms with Crippen LogP contribution in [0.25, 0.3) is 10.2 Å². The molecule has 0 saturated carbocycles. The summed E-state index contributed by atoms with van der Waals surface area (Å²) in [5.41, 5.74) is 1.10. The molecule has 62 valence electrons. The van der Waals surface area contributed by atoms with Gasteiger partial charge in [0.1, 0.15) is 0 Å². The van der Waals surface area contributed by atoms with Crippen LogP contribution in [0.1, 0.15) is 11.8 Å². The van der Waals surface area contributed by atoms with Crippen LogP contribution < -0.4 is 0 Å². The minimum absolute atomic E-state index is 1.09. The molecule has 2 heterocycles. The molecule has 0 bridgehead atoms. The number of rotatable bonds is 1. The molecule has 0 fully saturated rings. The second-order valence-corrected chi connectivity index (χ2v) is 4.56. The van der Waals surface area contributed by atoms with Crippen LogP contribution in [-0.4, -0.2) is 4.98 Å². The van der Waals surface area contributed by atoms with Gasteiger partial charge in [-0.15, -0.1) is 11.3 Å². The first-order chi connectivity index (χ1) is 5.81. The van der Waals surface area contributed by atoms with Gasteiger partial charge in [0.15, 0.2) is 0 Å². The number of aryl methyl sites for hydroxylation is 1. The molecule has 0 aliphatic rings. The van der Waals surface area contributed by atoms with Gasteiger partial charge in [-0.1, -0.05) is 6.92 Å². The zero-order valence-electron chi connectivity index (χ0n) is 6.67. The van der Waals surface area contributed by atoms with Gasteiger partial charge in [0.05, 0.1) is 10.2 Å². The summed E-state index contributed by atoms with van der Waals surface area (Å²) in [6.45, 7) is 2.17. The zero-order chi connectivity index (χ0) is 8.55. The Hall–Kier alpha value is -0.410. The Morgan fingerprint density at radius 1 is 1.58 bits per heavy atom. The number of pyridine rings is 1. The fourth-order valence-corrected chi connectivity index (χ4v) is 2.65. The molecular formula is C9H8BrNS. The van der Waals surface area contributed by atoms with E-state index in [0.717, 1.165) is 16.4 Å². The maximum atomic E-state index is 4.29. The summed E-state index contributed by atoms with van der Waals surface area (Å²) >= 11 is 5.32. The minimum Gasteiger partial charge on any atom is -0.255 e.